The molecule has 0 saturated heterocycles. The van der Waals surface area contributed by atoms with E-state index in [4.69, 9.17) is 19.6 Å². The van der Waals surface area contributed by atoms with Gasteiger partial charge in [-0.25, -0.2) is 33.9 Å². The Morgan fingerprint density at radius 2 is 1.14 bits per heavy atom. The second-order valence-corrected chi connectivity index (χ2v) is 9.67. The van der Waals surface area contributed by atoms with Crippen molar-refractivity contribution in [3.63, 3.8) is 0 Å². The lowest BCUT2D eigenvalue weighted by molar-refractivity contribution is -0.391. The Labute approximate surface area is 207 Å². The average Bonchev–Trinajstić information content (AvgIpc) is 2.81. The quantitative estimate of drug-likeness (QED) is 0.220. The molecule has 3 rings (SSSR count). The average molecular weight is 513 g/mol. The summed E-state index contributed by atoms with van der Waals surface area (Å²) in [4.78, 5) is 56.2. The van der Waals surface area contributed by atoms with Gasteiger partial charge in [-0.05, 0) is 24.5 Å². The van der Waals surface area contributed by atoms with E-state index in [1.807, 2.05) is 0 Å². The number of carbonyl (C=O) groups is 3. The van der Waals surface area contributed by atoms with Crippen LogP contribution in [-0.2, 0) is 33.9 Å². The molecule has 3 aliphatic carbocycles. The molecule has 200 valence electrons. The highest BCUT2D eigenvalue weighted by Crippen LogP contribution is 2.33. The summed E-state index contributed by atoms with van der Waals surface area (Å²) < 4.78 is 0. The van der Waals surface area contributed by atoms with E-state index < -0.39 is 72.3 Å². The predicted molar refractivity (Wildman–Crippen MR) is 120 cm³/mol. The van der Waals surface area contributed by atoms with Crippen molar-refractivity contribution in [3.8, 4) is 0 Å². The Bertz CT molecular complexity index is 953. The maximum absolute atomic E-state index is 11.7. The first kappa shape index (κ1) is 28.0. The summed E-state index contributed by atoms with van der Waals surface area (Å²) in [6.07, 6.45) is -1.84. The lowest BCUT2D eigenvalue weighted by Crippen LogP contribution is -2.43. The van der Waals surface area contributed by atoms with E-state index in [0.717, 1.165) is 0 Å². The maximum Gasteiger partial charge on any atom is 0.331 e. The minimum atomic E-state index is -1.22. The first-order valence-electron chi connectivity index (χ1n) is 11.7. The maximum atomic E-state index is 11.7. The molecule has 0 heterocycles. The van der Waals surface area contributed by atoms with Crippen molar-refractivity contribution < 1.29 is 59.5 Å². The fourth-order valence-electron chi connectivity index (χ4n) is 4.51. The van der Waals surface area contributed by atoms with Crippen molar-refractivity contribution in [1.82, 2.24) is 0 Å². The normalized spacial score (nSPS) is 36.9. The molecule has 0 aromatic rings. The standard InChI is InChI=1S/C24H32O12/c1-10-4-13(22(27)28)8-18(20(10)25)35-33-16-6-15(24(31)32)7-17(12(16)3)34-36-19-9-14(23(29)30)5-11(2)21(19)26/h4,6,9-12,16-21,25-26H,5,7-8H2,1-3H3,(H,27,28)(H,29,30)(H,31,32). The van der Waals surface area contributed by atoms with Crippen LogP contribution in [0.5, 0.6) is 0 Å². The van der Waals surface area contributed by atoms with Crippen molar-refractivity contribution >= 4 is 17.9 Å². The van der Waals surface area contributed by atoms with Crippen molar-refractivity contribution in [3.05, 3.63) is 34.9 Å². The summed E-state index contributed by atoms with van der Waals surface area (Å²) in [5, 5.41) is 48.9. The van der Waals surface area contributed by atoms with E-state index in [9.17, 15) is 39.9 Å². The number of aliphatic carboxylic acids is 3. The second-order valence-electron chi connectivity index (χ2n) is 9.67. The molecule has 12 nitrogen and oxygen atoms in total. The number of hydrogen-bond donors (Lipinski definition) is 5. The topological polar surface area (TPSA) is 189 Å². The predicted octanol–water partition coefficient (Wildman–Crippen LogP) is 1.23. The molecule has 0 spiro atoms. The van der Waals surface area contributed by atoms with Gasteiger partial charge in [0.2, 0.25) is 0 Å². The van der Waals surface area contributed by atoms with Crippen LogP contribution in [0.1, 0.15) is 40.0 Å². The number of carboxylic acid groups (broad SMARTS) is 3. The zero-order valence-electron chi connectivity index (χ0n) is 20.1. The van der Waals surface area contributed by atoms with Gasteiger partial charge in [0.05, 0.1) is 12.2 Å². The lowest BCUT2D eigenvalue weighted by Gasteiger charge is -2.36. The van der Waals surface area contributed by atoms with Crippen LogP contribution in [0.15, 0.2) is 34.9 Å². The highest BCUT2D eigenvalue weighted by atomic mass is 17.2. The van der Waals surface area contributed by atoms with Gasteiger partial charge in [0.25, 0.3) is 0 Å². The molecule has 9 atom stereocenters. The largest absolute Gasteiger partial charge is 0.478 e. The summed E-state index contributed by atoms with van der Waals surface area (Å²) in [5.41, 5.74) is 0.107. The van der Waals surface area contributed by atoms with E-state index in [2.05, 4.69) is 0 Å². The number of carboxylic acids is 3. The van der Waals surface area contributed by atoms with Crippen molar-refractivity contribution in [2.45, 2.75) is 76.7 Å². The van der Waals surface area contributed by atoms with Gasteiger partial charge < -0.3 is 25.5 Å². The number of aliphatic hydroxyl groups excluding tert-OH is 2. The van der Waals surface area contributed by atoms with E-state index in [0.29, 0.717) is 0 Å². The molecule has 0 aromatic heterocycles. The Morgan fingerprint density at radius 3 is 1.75 bits per heavy atom. The molecule has 0 fully saturated rings. The molecule has 9 unspecified atom stereocenters. The third-order valence-corrected chi connectivity index (χ3v) is 6.93. The molecule has 36 heavy (non-hydrogen) atoms. The van der Waals surface area contributed by atoms with Crippen molar-refractivity contribution in [2.24, 2.45) is 17.8 Å². The number of hydrogen-bond acceptors (Lipinski definition) is 9. The minimum absolute atomic E-state index is 0.0432. The second kappa shape index (κ2) is 11.6. The minimum Gasteiger partial charge on any atom is -0.478 e. The van der Waals surface area contributed by atoms with E-state index in [1.54, 1.807) is 20.8 Å². The summed E-state index contributed by atoms with van der Waals surface area (Å²) in [6, 6.07) is 0. The van der Waals surface area contributed by atoms with Gasteiger partial charge in [-0.2, -0.15) is 0 Å². The number of rotatable bonds is 9. The Balaban J connectivity index is 1.69. The van der Waals surface area contributed by atoms with Crippen LogP contribution in [0.4, 0.5) is 0 Å². The molecule has 0 aliphatic heterocycles. The van der Waals surface area contributed by atoms with Gasteiger partial charge in [0.15, 0.2) is 0 Å². The SMILES string of the molecule is CC1C=C(C(=O)O)CC(OOC2C=C(C(=O)O)CC(OOC3C=C(C(=O)O)CC(C)C3O)C2C)C1O. The molecule has 3 aliphatic rings. The Morgan fingerprint density at radius 1 is 0.667 bits per heavy atom. The highest BCUT2D eigenvalue weighted by molar-refractivity contribution is 5.87. The van der Waals surface area contributed by atoms with E-state index >= 15 is 0 Å². The zero-order chi connectivity index (χ0) is 26.7. The lowest BCUT2D eigenvalue weighted by atomic mass is 9.85. The van der Waals surface area contributed by atoms with E-state index in [1.165, 1.54) is 18.2 Å². The molecule has 0 amide bonds. The van der Waals surface area contributed by atoms with Crippen LogP contribution < -0.4 is 0 Å². The van der Waals surface area contributed by atoms with Crippen molar-refractivity contribution in [2.75, 3.05) is 0 Å². The molecule has 0 bridgehead atoms. The zero-order valence-corrected chi connectivity index (χ0v) is 20.1. The summed E-state index contributed by atoms with van der Waals surface area (Å²) >= 11 is 0. The van der Waals surface area contributed by atoms with Crippen LogP contribution in [0.2, 0.25) is 0 Å². The van der Waals surface area contributed by atoms with Gasteiger partial charge in [0, 0.05) is 41.4 Å². The Hall–Kier alpha value is -2.61. The van der Waals surface area contributed by atoms with E-state index in [-0.39, 0.29) is 36.0 Å². The molecule has 0 radical (unpaired) electrons. The fourth-order valence-corrected chi connectivity index (χ4v) is 4.51. The molecular formula is C24H32O12. The Kier molecular flexibility index (Phi) is 9.03. The third-order valence-electron chi connectivity index (χ3n) is 6.93. The first-order valence-corrected chi connectivity index (χ1v) is 11.7. The van der Waals surface area contributed by atoms with Crippen LogP contribution in [-0.4, -0.2) is 80.1 Å². The molecule has 0 aromatic carbocycles. The van der Waals surface area contributed by atoms with Gasteiger partial charge >= 0.3 is 17.9 Å². The molecule has 12 heteroatoms. The fraction of sp³-hybridized carbons (Fsp3) is 0.625. The van der Waals surface area contributed by atoms with Crippen LogP contribution in [0.3, 0.4) is 0 Å². The summed E-state index contributed by atoms with van der Waals surface area (Å²) in [7, 11) is 0. The van der Waals surface area contributed by atoms with Gasteiger partial charge in [-0.15, -0.1) is 0 Å². The molecular weight excluding hydrogens is 480 g/mol. The highest BCUT2D eigenvalue weighted by Gasteiger charge is 2.40. The number of aliphatic hydroxyl groups is 2. The van der Waals surface area contributed by atoms with Gasteiger partial charge in [0.1, 0.15) is 24.4 Å². The van der Waals surface area contributed by atoms with Crippen LogP contribution in [0.25, 0.3) is 0 Å². The van der Waals surface area contributed by atoms with Gasteiger partial charge in [-0.1, -0.05) is 26.8 Å². The monoisotopic (exact) mass is 512 g/mol. The summed E-state index contributed by atoms with van der Waals surface area (Å²) in [6.45, 7) is 5.01. The van der Waals surface area contributed by atoms with Crippen molar-refractivity contribution in [1.29, 1.82) is 0 Å². The molecule has 5 N–H and O–H groups in total. The smallest absolute Gasteiger partial charge is 0.331 e. The van der Waals surface area contributed by atoms with Crippen LogP contribution >= 0.6 is 0 Å². The van der Waals surface area contributed by atoms with Crippen LogP contribution in [0, 0.1) is 17.8 Å². The summed E-state index contributed by atoms with van der Waals surface area (Å²) in [5.74, 6) is -4.90. The third kappa shape index (κ3) is 6.38. The molecule has 0 saturated carbocycles. The van der Waals surface area contributed by atoms with Gasteiger partial charge in [-0.3, -0.25) is 0 Å². The first-order chi connectivity index (χ1) is 16.9.